The molecule has 2 aromatic rings. The standard InChI is InChI=1S/C20H25N3O3S/c1-23(13-11-16-6-3-2-4-7-16)27(25,26)19-9-5-8-17(14-19)20(24)22-18-10-12-21-15-18/h2-9,14,18,21H,10-13,15H2,1H3,(H,22,24)/t18-/m0/s1. The summed E-state index contributed by atoms with van der Waals surface area (Å²) < 4.78 is 27.0. The van der Waals surface area contributed by atoms with Gasteiger partial charge < -0.3 is 10.6 Å². The van der Waals surface area contributed by atoms with Crippen LogP contribution in [0.1, 0.15) is 22.3 Å². The molecule has 0 radical (unpaired) electrons. The van der Waals surface area contributed by atoms with Crippen LogP contribution in [0.3, 0.4) is 0 Å². The molecule has 0 aliphatic carbocycles. The second-order valence-corrected chi connectivity index (χ2v) is 8.80. The SMILES string of the molecule is CN(CCc1ccccc1)S(=O)(=O)c1cccc(C(=O)N[C@H]2CCNC2)c1. The molecule has 0 spiro atoms. The van der Waals surface area contributed by atoms with Gasteiger partial charge in [0.15, 0.2) is 0 Å². The molecule has 6 nitrogen and oxygen atoms in total. The molecule has 1 aliphatic rings. The lowest BCUT2D eigenvalue weighted by Crippen LogP contribution is -2.36. The third-order valence-electron chi connectivity index (χ3n) is 4.76. The Morgan fingerprint density at radius 2 is 1.96 bits per heavy atom. The van der Waals surface area contributed by atoms with E-state index in [9.17, 15) is 13.2 Å². The van der Waals surface area contributed by atoms with E-state index in [0.717, 1.165) is 25.1 Å². The van der Waals surface area contributed by atoms with E-state index in [1.54, 1.807) is 19.2 Å². The Morgan fingerprint density at radius 1 is 1.19 bits per heavy atom. The van der Waals surface area contributed by atoms with Crippen molar-refractivity contribution in [2.45, 2.75) is 23.8 Å². The van der Waals surface area contributed by atoms with Crippen LogP contribution in [-0.2, 0) is 16.4 Å². The van der Waals surface area contributed by atoms with E-state index >= 15 is 0 Å². The lowest BCUT2D eigenvalue weighted by Gasteiger charge is -2.18. The highest BCUT2D eigenvalue weighted by Gasteiger charge is 2.23. The minimum atomic E-state index is -3.65. The number of sulfonamides is 1. The molecule has 1 saturated heterocycles. The first-order valence-corrected chi connectivity index (χ1v) is 10.5. The average molecular weight is 388 g/mol. The molecular formula is C20H25N3O3S. The fraction of sp³-hybridized carbons (Fsp3) is 0.350. The zero-order chi connectivity index (χ0) is 19.3. The van der Waals surface area contributed by atoms with Crippen LogP contribution in [0.5, 0.6) is 0 Å². The summed E-state index contributed by atoms with van der Waals surface area (Å²) in [7, 11) is -2.09. The Labute approximate surface area is 160 Å². The van der Waals surface area contributed by atoms with Crippen LogP contribution in [0.2, 0.25) is 0 Å². The molecule has 2 aromatic carbocycles. The largest absolute Gasteiger partial charge is 0.348 e. The van der Waals surface area contributed by atoms with Crippen molar-refractivity contribution in [1.29, 1.82) is 0 Å². The maximum absolute atomic E-state index is 12.9. The van der Waals surface area contributed by atoms with E-state index < -0.39 is 10.0 Å². The number of likely N-dealkylation sites (N-methyl/N-ethyl adjacent to an activating group) is 1. The van der Waals surface area contributed by atoms with E-state index in [1.165, 1.54) is 16.4 Å². The van der Waals surface area contributed by atoms with Gasteiger partial charge in [-0.25, -0.2) is 12.7 Å². The summed E-state index contributed by atoms with van der Waals surface area (Å²) in [6, 6.07) is 16.1. The van der Waals surface area contributed by atoms with Crippen LogP contribution in [0.15, 0.2) is 59.5 Å². The molecule has 2 N–H and O–H groups in total. The van der Waals surface area contributed by atoms with Gasteiger partial charge >= 0.3 is 0 Å². The first-order valence-electron chi connectivity index (χ1n) is 9.09. The van der Waals surface area contributed by atoms with Gasteiger partial charge in [0.05, 0.1) is 4.90 Å². The highest BCUT2D eigenvalue weighted by molar-refractivity contribution is 7.89. The summed E-state index contributed by atoms with van der Waals surface area (Å²) in [6.07, 6.45) is 1.51. The van der Waals surface area contributed by atoms with Crippen molar-refractivity contribution in [2.24, 2.45) is 0 Å². The van der Waals surface area contributed by atoms with Crippen LogP contribution >= 0.6 is 0 Å². The summed E-state index contributed by atoms with van der Waals surface area (Å²) >= 11 is 0. The maximum atomic E-state index is 12.9. The molecule has 144 valence electrons. The molecule has 1 fully saturated rings. The molecule has 0 unspecified atom stereocenters. The molecule has 1 atom stereocenters. The molecule has 1 amide bonds. The third kappa shape index (κ3) is 4.94. The molecular weight excluding hydrogens is 362 g/mol. The lowest BCUT2D eigenvalue weighted by atomic mass is 10.2. The number of amides is 1. The molecule has 0 aromatic heterocycles. The molecule has 27 heavy (non-hydrogen) atoms. The highest BCUT2D eigenvalue weighted by atomic mass is 32.2. The summed E-state index contributed by atoms with van der Waals surface area (Å²) in [4.78, 5) is 12.5. The Bertz CT molecular complexity index is 878. The predicted molar refractivity (Wildman–Crippen MR) is 105 cm³/mol. The zero-order valence-electron chi connectivity index (χ0n) is 15.4. The monoisotopic (exact) mass is 387 g/mol. The maximum Gasteiger partial charge on any atom is 0.251 e. The number of hydrogen-bond acceptors (Lipinski definition) is 4. The van der Waals surface area contributed by atoms with Crippen molar-refractivity contribution in [3.8, 4) is 0 Å². The first kappa shape index (κ1) is 19.5. The van der Waals surface area contributed by atoms with Crippen LogP contribution in [0, 0.1) is 0 Å². The van der Waals surface area contributed by atoms with Gasteiger partial charge in [-0.15, -0.1) is 0 Å². The molecule has 3 rings (SSSR count). The van der Waals surface area contributed by atoms with E-state index in [-0.39, 0.29) is 16.8 Å². The summed E-state index contributed by atoms with van der Waals surface area (Å²) in [5.74, 6) is -0.243. The fourth-order valence-electron chi connectivity index (χ4n) is 3.08. The van der Waals surface area contributed by atoms with Gasteiger partial charge in [-0.3, -0.25) is 4.79 Å². The predicted octanol–water partition coefficient (Wildman–Crippen LogP) is 1.64. The number of carbonyl (C=O) groups excluding carboxylic acids is 1. The average Bonchev–Trinajstić information content (AvgIpc) is 3.20. The van der Waals surface area contributed by atoms with Gasteiger partial charge in [0.2, 0.25) is 10.0 Å². The minimum absolute atomic E-state index is 0.0892. The number of nitrogens with zero attached hydrogens (tertiary/aromatic N) is 1. The van der Waals surface area contributed by atoms with E-state index in [4.69, 9.17) is 0 Å². The summed E-state index contributed by atoms with van der Waals surface area (Å²) in [6.45, 7) is 1.99. The summed E-state index contributed by atoms with van der Waals surface area (Å²) in [5, 5.41) is 6.13. The quantitative estimate of drug-likeness (QED) is 0.757. The smallest absolute Gasteiger partial charge is 0.251 e. The Morgan fingerprint density at radius 3 is 2.67 bits per heavy atom. The molecule has 0 saturated carbocycles. The Balaban J connectivity index is 1.69. The number of benzene rings is 2. The highest BCUT2D eigenvalue weighted by Crippen LogP contribution is 2.17. The van der Waals surface area contributed by atoms with Gasteiger partial charge in [0, 0.05) is 31.7 Å². The number of nitrogens with one attached hydrogen (secondary N) is 2. The van der Waals surface area contributed by atoms with Gasteiger partial charge in [-0.2, -0.15) is 0 Å². The fourth-order valence-corrected chi connectivity index (χ4v) is 4.29. The third-order valence-corrected chi connectivity index (χ3v) is 6.61. The van der Waals surface area contributed by atoms with Gasteiger partial charge in [0.25, 0.3) is 5.91 Å². The van der Waals surface area contributed by atoms with Crippen molar-refractivity contribution in [3.63, 3.8) is 0 Å². The van der Waals surface area contributed by atoms with Crippen molar-refractivity contribution >= 4 is 15.9 Å². The van der Waals surface area contributed by atoms with Gasteiger partial charge in [0.1, 0.15) is 0 Å². The van der Waals surface area contributed by atoms with E-state index in [1.807, 2.05) is 30.3 Å². The topological polar surface area (TPSA) is 78.5 Å². The second kappa shape index (κ2) is 8.65. The lowest BCUT2D eigenvalue weighted by molar-refractivity contribution is 0.0940. The molecule has 1 heterocycles. The normalized spacial score (nSPS) is 17.2. The van der Waals surface area contributed by atoms with Crippen LogP contribution in [0.4, 0.5) is 0 Å². The van der Waals surface area contributed by atoms with Crippen molar-refractivity contribution in [2.75, 3.05) is 26.7 Å². The molecule has 0 bridgehead atoms. The van der Waals surface area contributed by atoms with Crippen LogP contribution in [0.25, 0.3) is 0 Å². The van der Waals surface area contributed by atoms with E-state index in [2.05, 4.69) is 10.6 Å². The minimum Gasteiger partial charge on any atom is -0.348 e. The van der Waals surface area contributed by atoms with Crippen LogP contribution < -0.4 is 10.6 Å². The van der Waals surface area contributed by atoms with Crippen molar-refractivity contribution in [3.05, 3.63) is 65.7 Å². The summed E-state index contributed by atoms with van der Waals surface area (Å²) in [5.41, 5.74) is 1.44. The number of rotatable bonds is 7. The second-order valence-electron chi connectivity index (χ2n) is 6.75. The zero-order valence-corrected chi connectivity index (χ0v) is 16.2. The Kier molecular flexibility index (Phi) is 6.26. The molecule has 1 aliphatic heterocycles. The Hall–Kier alpha value is -2.22. The van der Waals surface area contributed by atoms with Crippen molar-refractivity contribution in [1.82, 2.24) is 14.9 Å². The first-order chi connectivity index (χ1) is 13.0. The van der Waals surface area contributed by atoms with Crippen molar-refractivity contribution < 1.29 is 13.2 Å². The molecule has 7 heteroatoms. The van der Waals surface area contributed by atoms with Gasteiger partial charge in [-0.1, -0.05) is 36.4 Å². The van der Waals surface area contributed by atoms with E-state index in [0.29, 0.717) is 18.5 Å². The number of carbonyl (C=O) groups is 1. The van der Waals surface area contributed by atoms with Gasteiger partial charge in [-0.05, 0) is 43.1 Å². The number of hydrogen-bond donors (Lipinski definition) is 2. The van der Waals surface area contributed by atoms with Crippen LogP contribution in [-0.4, -0.2) is 51.4 Å².